The molecule has 0 spiro atoms. The lowest BCUT2D eigenvalue weighted by Crippen LogP contribution is -2.48. The van der Waals surface area contributed by atoms with Crippen LogP contribution in [0.2, 0.25) is 0 Å². The van der Waals surface area contributed by atoms with Gasteiger partial charge in [0, 0.05) is 31.1 Å². The molecule has 3 aromatic heterocycles. The van der Waals surface area contributed by atoms with Gasteiger partial charge in [0.05, 0.1) is 29.9 Å². The number of nitrogens with zero attached hydrogens (tertiary/aromatic N) is 7. The molecule has 10 heteroatoms. The molecule has 1 fully saturated rings. The first-order valence-corrected chi connectivity index (χ1v) is 12.2. The van der Waals surface area contributed by atoms with E-state index in [-0.39, 0.29) is 6.04 Å². The summed E-state index contributed by atoms with van der Waals surface area (Å²) in [6.07, 6.45) is 0.978. The zero-order valence-electron chi connectivity index (χ0n) is 17.6. The normalized spacial score (nSPS) is 16.1. The van der Waals surface area contributed by atoms with Crippen molar-refractivity contribution in [3.05, 3.63) is 46.4 Å². The third kappa shape index (κ3) is 4.15. The van der Waals surface area contributed by atoms with Crippen molar-refractivity contribution in [3.63, 3.8) is 0 Å². The Morgan fingerprint density at radius 2 is 2.03 bits per heavy atom. The van der Waals surface area contributed by atoms with E-state index in [0.717, 1.165) is 66.1 Å². The summed E-state index contributed by atoms with van der Waals surface area (Å²) in [5, 5.41) is 15.8. The molecule has 0 aliphatic carbocycles. The molecule has 162 valence electrons. The number of benzene rings is 1. The van der Waals surface area contributed by atoms with Gasteiger partial charge in [-0.1, -0.05) is 24.3 Å². The van der Waals surface area contributed by atoms with Crippen LogP contribution in [0.15, 0.2) is 35.7 Å². The fraction of sp³-hybridized carbons (Fsp3) is 0.429. The van der Waals surface area contributed by atoms with Crippen LogP contribution in [0.3, 0.4) is 0 Å². The van der Waals surface area contributed by atoms with E-state index in [2.05, 4.69) is 55.8 Å². The first-order valence-electron chi connectivity index (χ1n) is 10.5. The number of anilines is 1. The number of thiazole rings is 1. The molecule has 31 heavy (non-hydrogen) atoms. The SMILES string of the molecule is CCC(c1nnnn1Cc1cccs1)N1CCN(c2nc3ccc(OC)cc3s2)CC1. The second-order valence-corrected chi connectivity index (χ2v) is 9.59. The fourth-order valence-electron chi connectivity index (χ4n) is 4.10. The van der Waals surface area contributed by atoms with Gasteiger partial charge in [0.15, 0.2) is 11.0 Å². The molecule has 0 radical (unpaired) electrons. The standard InChI is InChI=1S/C21H25N7OS2/c1-3-18(20-23-24-25-28(20)14-16-5-4-12-30-16)26-8-10-27(11-9-26)21-22-17-7-6-15(29-2)13-19(17)31-21/h4-7,12-13,18H,3,8-11,14H2,1-2H3. The highest BCUT2D eigenvalue weighted by Crippen LogP contribution is 2.33. The molecule has 0 bridgehead atoms. The van der Waals surface area contributed by atoms with Crippen LogP contribution in [0.1, 0.15) is 30.1 Å². The van der Waals surface area contributed by atoms with Gasteiger partial charge in [0.1, 0.15) is 5.75 Å². The molecule has 1 aromatic carbocycles. The molecule has 1 saturated heterocycles. The zero-order valence-corrected chi connectivity index (χ0v) is 19.3. The summed E-state index contributed by atoms with van der Waals surface area (Å²) >= 11 is 3.47. The highest BCUT2D eigenvalue weighted by Gasteiger charge is 2.29. The Bertz CT molecular complexity index is 1130. The third-order valence-corrected chi connectivity index (χ3v) is 7.68. The molecular weight excluding hydrogens is 430 g/mol. The average molecular weight is 456 g/mol. The summed E-state index contributed by atoms with van der Waals surface area (Å²) < 4.78 is 8.46. The van der Waals surface area contributed by atoms with Crippen LogP contribution in [0.4, 0.5) is 5.13 Å². The van der Waals surface area contributed by atoms with Gasteiger partial charge in [-0.3, -0.25) is 4.90 Å². The van der Waals surface area contributed by atoms with Gasteiger partial charge >= 0.3 is 0 Å². The van der Waals surface area contributed by atoms with E-state index >= 15 is 0 Å². The van der Waals surface area contributed by atoms with Gasteiger partial charge in [-0.2, -0.15) is 0 Å². The summed E-state index contributed by atoms with van der Waals surface area (Å²) in [6.45, 7) is 6.75. The average Bonchev–Trinajstić information content (AvgIpc) is 3.56. The van der Waals surface area contributed by atoms with Gasteiger partial charge in [0.2, 0.25) is 0 Å². The maximum atomic E-state index is 5.35. The molecule has 1 aliphatic heterocycles. The largest absolute Gasteiger partial charge is 0.497 e. The topological polar surface area (TPSA) is 72.2 Å². The van der Waals surface area contributed by atoms with Gasteiger partial charge in [-0.25, -0.2) is 9.67 Å². The number of piperazine rings is 1. The predicted molar refractivity (Wildman–Crippen MR) is 124 cm³/mol. The second kappa shape index (κ2) is 8.89. The van der Waals surface area contributed by atoms with Crippen LogP contribution in [0, 0.1) is 0 Å². The minimum atomic E-state index is 0.219. The minimum absolute atomic E-state index is 0.219. The number of tetrazole rings is 1. The first kappa shape index (κ1) is 20.3. The lowest BCUT2D eigenvalue weighted by atomic mass is 10.1. The van der Waals surface area contributed by atoms with E-state index in [9.17, 15) is 0 Å². The summed E-state index contributed by atoms with van der Waals surface area (Å²) in [5.74, 6) is 1.83. The van der Waals surface area contributed by atoms with Gasteiger partial charge in [-0.05, 0) is 46.5 Å². The van der Waals surface area contributed by atoms with Gasteiger partial charge in [0.25, 0.3) is 0 Å². The molecule has 1 aliphatic rings. The number of fused-ring (bicyclic) bond motifs is 1. The number of aromatic nitrogens is 5. The van der Waals surface area contributed by atoms with Crippen LogP contribution in [0.5, 0.6) is 5.75 Å². The van der Waals surface area contributed by atoms with Crippen LogP contribution in [-0.2, 0) is 6.54 Å². The van der Waals surface area contributed by atoms with Crippen molar-refractivity contribution in [3.8, 4) is 5.75 Å². The van der Waals surface area contributed by atoms with E-state index in [1.165, 1.54) is 4.88 Å². The van der Waals surface area contributed by atoms with E-state index < -0.39 is 0 Å². The number of thiophene rings is 1. The second-order valence-electron chi connectivity index (χ2n) is 7.55. The third-order valence-electron chi connectivity index (χ3n) is 5.74. The Morgan fingerprint density at radius 1 is 1.16 bits per heavy atom. The molecule has 1 atom stereocenters. The van der Waals surface area contributed by atoms with Crippen molar-refractivity contribution < 1.29 is 4.74 Å². The summed E-state index contributed by atoms with van der Waals surface area (Å²) in [4.78, 5) is 11.0. The molecule has 4 heterocycles. The van der Waals surface area contributed by atoms with Crippen molar-refractivity contribution in [1.29, 1.82) is 0 Å². The van der Waals surface area contributed by atoms with Crippen molar-refractivity contribution in [2.75, 3.05) is 38.2 Å². The lowest BCUT2D eigenvalue weighted by molar-refractivity contribution is 0.169. The van der Waals surface area contributed by atoms with Crippen molar-refractivity contribution in [1.82, 2.24) is 30.1 Å². The molecule has 0 N–H and O–H groups in total. The lowest BCUT2D eigenvalue weighted by Gasteiger charge is -2.38. The Morgan fingerprint density at radius 3 is 2.77 bits per heavy atom. The summed E-state index contributed by atoms with van der Waals surface area (Å²) in [7, 11) is 1.70. The number of rotatable bonds is 7. The molecule has 0 saturated carbocycles. The Hall–Kier alpha value is -2.56. The predicted octanol–water partition coefficient (Wildman–Crippen LogP) is 3.67. The monoisotopic (exact) mass is 455 g/mol. The quantitative estimate of drug-likeness (QED) is 0.421. The van der Waals surface area contributed by atoms with Gasteiger partial charge < -0.3 is 9.64 Å². The summed E-state index contributed by atoms with van der Waals surface area (Å²) in [6, 6.07) is 10.5. The Labute approximate surface area is 189 Å². The number of ether oxygens (including phenoxy) is 1. The zero-order chi connectivity index (χ0) is 21.2. The van der Waals surface area contributed by atoms with Crippen LogP contribution >= 0.6 is 22.7 Å². The molecule has 0 amide bonds. The number of methoxy groups -OCH3 is 1. The van der Waals surface area contributed by atoms with Gasteiger partial charge in [-0.15, -0.1) is 16.4 Å². The van der Waals surface area contributed by atoms with Crippen LogP contribution in [-0.4, -0.2) is 63.4 Å². The minimum Gasteiger partial charge on any atom is -0.497 e. The maximum Gasteiger partial charge on any atom is 0.186 e. The van der Waals surface area contributed by atoms with Crippen molar-refractivity contribution >= 4 is 38.0 Å². The van der Waals surface area contributed by atoms with Crippen molar-refractivity contribution in [2.24, 2.45) is 0 Å². The fourth-order valence-corrected chi connectivity index (χ4v) is 5.83. The smallest absolute Gasteiger partial charge is 0.186 e. The highest BCUT2D eigenvalue weighted by atomic mass is 32.1. The van der Waals surface area contributed by atoms with E-state index in [4.69, 9.17) is 9.72 Å². The molecular formula is C21H25N7OS2. The first-order chi connectivity index (χ1) is 15.2. The summed E-state index contributed by atoms with van der Waals surface area (Å²) in [5.41, 5.74) is 1.03. The molecule has 8 nitrogen and oxygen atoms in total. The highest BCUT2D eigenvalue weighted by molar-refractivity contribution is 7.22. The molecule has 4 aromatic rings. The Kier molecular flexibility index (Phi) is 5.84. The van der Waals surface area contributed by atoms with Crippen LogP contribution in [0.25, 0.3) is 10.2 Å². The number of hydrogen-bond acceptors (Lipinski definition) is 9. The molecule has 5 rings (SSSR count). The van der Waals surface area contributed by atoms with E-state index in [1.54, 1.807) is 29.8 Å². The van der Waals surface area contributed by atoms with E-state index in [1.807, 2.05) is 16.8 Å². The van der Waals surface area contributed by atoms with E-state index in [0.29, 0.717) is 0 Å². The molecule has 1 unspecified atom stereocenters. The Balaban J connectivity index is 1.28. The van der Waals surface area contributed by atoms with Crippen LogP contribution < -0.4 is 9.64 Å². The van der Waals surface area contributed by atoms with Crippen molar-refractivity contribution in [2.45, 2.75) is 25.9 Å². The maximum absolute atomic E-state index is 5.35. The number of hydrogen-bond donors (Lipinski definition) is 0.